The largest absolute Gasteiger partial charge is 0.458 e. The van der Waals surface area contributed by atoms with E-state index in [1.807, 2.05) is 57.2 Å². The summed E-state index contributed by atoms with van der Waals surface area (Å²) in [6.07, 6.45) is 4.79. The fourth-order valence-electron chi connectivity index (χ4n) is 3.90. The van der Waals surface area contributed by atoms with Gasteiger partial charge in [0.25, 0.3) is 0 Å². The summed E-state index contributed by atoms with van der Waals surface area (Å²) in [5.41, 5.74) is -0.0962. The van der Waals surface area contributed by atoms with E-state index in [1.54, 1.807) is 0 Å². The molecule has 3 atom stereocenters. The molecule has 4 heteroatoms. The molecule has 1 aromatic rings. The average Bonchev–Trinajstić information content (AvgIpc) is 2.92. The molecule has 0 saturated heterocycles. The van der Waals surface area contributed by atoms with Gasteiger partial charge in [0.05, 0.1) is 11.3 Å². The van der Waals surface area contributed by atoms with Crippen molar-refractivity contribution in [2.45, 2.75) is 52.6 Å². The van der Waals surface area contributed by atoms with Crippen molar-refractivity contribution in [3.63, 3.8) is 0 Å². The van der Waals surface area contributed by atoms with Gasteiger partial charge < -0.3 is 9.47 Å². The predicted molar refractivity (Wildman–Crippen MR) is 95.3 cm³/mol. The van der Waals surface area contributed by atoms with Crippen molar-refractivity contribution in [2.24, 2.45) is 17.3 Å². The first-order valence-electron chi connectivity index (χ1n) is 8.92. The van der Waals surface area contributed by atoms with Gasteiger partial charge in [-0.3, -0.25) is 9.59 Å². The van der Waals surface area contributed by atoms with Gasteiger partial charge in [-0.15, -0.1) is 0 Å². The molecule has 0 heterocycles. The fraction of sp³-hybridized carbons (Fsp3) is 0.524. The molecule has 0 unspecified atom stereocenters. The summed E-state index contributed by atoms with van der Waals surface area (Å²) in [4.78, 5) is 24.1. The topological polar surface area (TPSA) is 52.6 Å². The first kappa shape index (κ1) is 17.7. The van der Waals surface area contributed by atoms with E-state index in [0.717, 1.165) is 24.8 Å². The minimum atomic E-state index is -0.589. The third kappa shape index (κ3) is 3.48. The molecule has 3 rings (SSSR count). The van der Waals surface area contributed by atoms with E-state index < -0.39 is 11.0 Å². The van der Waals surface area contributed by atoms with Crippen LogP contribution >= 0.6 is 0 Å². The van der Waals surface area contributed by atoms with Crippen LogP contribution in [0.15, 0.2) is 36.1 Å². The third-order valence-corrected chi connectivity index (χ3v) is 5.10. The lowest BCUT2D eigenvalue weighted by Crippen LogP contribution is -2.25. The molecule has 0 amide bonds. The second-order valence-corrected chi connectivity index (χ2v) is 8.12. The number of hydrogen-bond acceptors (Lipinski definition) is 4. The van der Waals surface area contributed by atoms with Crippen molar-refractivity contribution in [3.05, 3.63) is 41.7 Å². The van der Waals surface area contributed by atoms with E-state index in [-0.39, 0.29) is 23.8 Å². The van der Waals surface area contributed by atoms with Crippen molar-refractivity contribution in [1.29, 1.82) is 0 Å². The molecule has 0 bridgehead atoms. The van der Waals surface area contributed by atoms with Gasteiger partial charge in [-0.2, -0.15) is 0 Å². The minimum Gasteiger partial charge on any atom is -0.458 e. The SMILES string of the molecule is CC(=O)O[C@]12CCC[C@H]1[C@@H]2/C(=C/c1ccccc1)OC(=O)C(C)(C)C. The first-order valence-corrected chi connectivity index (χ1v) is 8.92. The highest BCUT2D eigenvalue weighted by molar-refractivity contribution is 5.77. The van der Waals surface area contributed by atoms with Crippen LogP contribution in [0.5, 0.6) is 0 Å². The third-order valence-electron chi connectivity index (χ3n) is 5.10. The van der Waals surface area contributed by atoms with E-state index in [9.17, 15) is 9.59 Å². The molecular weight excluding hydrogens is 316 g/mol. The molecule has 2 saturated carbocycles. The van der Waals surface area contributed by atoms with E-state index >= 15 is 0 Å². The van der Waals surface area contributed by atoms with Crippen LogP contribution in [-0.4, -0.2) is 17.5 Å². The number of benzene rings is 1. The maximum absolute atomic E-state index is 12.5. The van der Waals surface area contributed by atoms with Crippen molar-refractivity contribution in [3.8, 4) is 0 Å². The maximum Gasteiger partial charge on any atom is 0.316 e. The molecule has 2 fully saturated rings. The Balaban J connectivity index is 1.91. The van der Waals surface area contributed by atoms with Crippen LogP contribution in [0, 0.1) is 17.3 Å². The number of ether oxygens (including phenoxy) is 2. The smallest absolute Gasteiger partial charge is 0.316 e. The van der Waals surface area contributed by atoms with Gasteiger partial charge in [0.15, 0.2) is 0 Å². The van der Waals surface area contributed by atoms with Crippen LogP contribution in [0.25, 0.3) is 6.08 Å². The zero-order valence-corrected chi connectivity index (χ0v) is 15.4. The van der Waals surface area contributed by atoms with Gasteiger partial charge in [-0.25, -0.2) is 0 Å². The summed E-state index contributed by atoms with van der Waals surface area (Å²) in [6, 6.07) is 9.79. The van der Waals surface area contributed by atoms with Crippen LogP contribution in [0.3, 0.4) is 0 Å². The van der Waals surface area contributed by atoms with Crippen molar-refractivity contribution in [2.75, 3.05) is 0 Å². The zero-order valence-electron chi connectivity index (χ0n) is 15.4. The molecule has 25 heavy (non-hydrogen) atoms. The normalized spacial score (nSPS) is 28.2. The Morgan fingerprint density at radius 2 is 1.88 bits per heavy atom. The lowest BCUT2D eigenvalue weighted by molar-refractivity contribution is -0.151. The molecule has 0 aromatic heterocycles. The number of esters is 2. The maximum atomic E-state index is 12.5. The summed E-state index contributed by atoms with van der Waals surface area (Å²) in [6.45, 7) is 6.96. The fourth-order valence-corrected chi connectivity index (χ4v) is 3.90. The molecule has 134 valence electrons. The molecule has 2 aliphatic carbocycles. The molecule has 0 radical (unpaired) electrons. The highest BCUT2D eigenvalue weighted by Gasteiger charge is 2.72. The second kappa shape index (κ2) is 6.32. The standard InChI is InChI=1S/C21H26O4/c1-14(22)25-21-12-8-11-16(21)18(21)17(24-19(23)20(2,3)4)13-15-9-6-5-7-10-15/h5-7,9-10,13,16,18H,8,11-12H2,1-4H3/b17-13-/t16-,18+,21+/m0/s1. The van der Waals surface area contributed by atoms with Crippen LogP contribution < -0.4 is 0 Å². The van der Waals surface area contributed by atoms with E-state index in [2.05, 4.69) is 0 Å². The molecular formula is C21H26O4. The lowest BCUT2D eigenvalue weighted by Gasteiger charge is -2.21. The average molecular weight is 342 g/mol. The Hall–Kier alpha value is -2.10. The monoisotopic (exact) mass is 342 g/mol. The zero-order chi connectivity index (χ0) is 18.2. The number of rotatable bonds is 4. The van der Waals surface area contributed by atoms with Crippen LogP contribution in [0.2, 0.25) is 0 Å². The van der Waals surface area contributed by atoms with E-state index in [0.29, 0.717) is 5.76 Å². The molecule has 0 aliphatic heterocycles. The van der Waals surface area contributed by atoms with E-state index in [4.69, 9.17) is 9.47 Å². The molecule has 0 N–H and O–H groups in total. The van der Waals surface area contributed by atoms with Crippen molar-refractivity contribution in [1.82, 2.24) is 0 Å². The molecule has 0 spiro atoms. The quantitative estimate of drug-likeness (QED) is 0.603. The summed E-state index contributed by atoms with van der Waals surface area (Å²) in [5.74, 6) is 0.307. The molecule has 1 aromatic carbocycles. The number of carbonyl (C=O) groups excluding carboxylic acids is 2. The van der Waals surface area contributed by atoms with E-state index in [1.165, 1.54) is 6.92 Å². The van der Waals surface area contributed by atoms with Crippen molar-refractivity contribution >= 4 is 18.0 Å². The van der Waals surface area contributed by atoms with Gasteiger partial charge in [-0.05, 0) is 51.7 Å². The molecule has 4 nitrogen and oxygen atoms in total. The van der Waals surface area contributed by atoms with Gasteiger partial charge in [0.2, 0.25) is 0 Å². The minimum absolute atomic E-state index is 0.0309. The van der Waals surface area contributed by atoms with Gasteiger partial charge in [0.1, 0.15) is 11.4 Å². The molecule has 2 aliphatic rings. The Labute approximate surface area is 149 Å². The van der Waals surface area contributed by atoms with Gasteiger partial charge in [0, 0.05) is 12.8 Å². The van der Waals surface area contributed by atoms with Gasteiger partial charge in [-0.1, -0.05) is 30.3 Å². The van der Waals surface area contributed by atoms with Gasteiger partial charge >= 0.3 is 11.9 Å². The highest BCUT2D eigenvalue weighted by atomic mass is 16.6. The van der Waals surface area contributed by atoms with Crippen LogP contribution in [-0.2, 0) is 19.1 Å². The second-order valence-electron chi connectivity index (χ2n) is 8.12. The van der Waals surface area contributed by atoms with Crippen molar-refractivity contribution < 1.29 is 19.1 Å². The lowest BCUT2D eigenvalue weighted by atomic mass is 9.97. The number of carbonyl (C=O) groups is 2. The van der Waals surface area contributed by atoms with Crippen LogP contribution in [0.1, 0.15) is 52.5 Å². The number of fused-ring (bicyclic) bond motifs is 1. The summed E-state index contributed by atoms with van der Waals surface area (Å²) < 4.78 is 11.5. The Bertz CT molecular complexity index is 698. The Kier molecular flexibility index (Phi) is 4.48. The summed E-state index contributed by atoms with van der Waals surface area (Å²) in [5, 5.41) is 0. The first-order chi connectivity index (χ1) is 11.7. The summed E-state index contributed by atoms with van der Waals surface area (Å²) >= 11 is 0. The summed E-state index contributed by atoms with van der Waals surface area (Å²) in [7, 11) is 0. The highest BCUT2D eigenvalue weighted by Crippen LogP contribution is 2.66. The van der Waals surface area contributed by atoms with Crippen LogP contribution in [0.4, 0.5) is 0 Å². The number of hydrogen-bond donors (Lipinski definition) is 0. The Morgan fingerprint density at radius 3 is 2.48 bits per heavy atom. The Morgan fingerprint density at radius 1 is 1.20 bits per heavy atom. The predicted octanol–water partition coefficient (Wildman–Crippen LogP) is 4.35.